The third-order valence-electron chi connectivity index (χ3n) is 6.28. The maximum absolute atomic E-state index is 6.83. The Morgan fingerprint density at radius 2 is 1.41 bits per heavy atom. The maximum atomic E-state index is 6.83. The molecule has 2 heteroatoms. The SMILES string of the molecule is C1=CC(c2ccccc2)(c2ccccc2)Oc2ccc3oc4c(c3c21)CCCC4. The first-order valence-corrected chi connectivity index (χ1v) is 10.4. The number of rotatable bonds is 2. The van der Waals surface area contributed by atoms with Gasteiger partial charge in [-0.2, -0.15) is 0 Å². The quantitative estimate of drug-likeness (QED) is 0.389. The van der Waals surface area contributed by atoms with E-state index in [1.54, 1.807) is 0 Å². The van der Waals surface area contributed by atoms with Crippen LogP contribution in [0.5, 0.6) is 5.75 Å². The topological polar surface area (TPSA) is 22.4 Å². The third-order valence-corrected chi connectivity index (χ3v) is 6.28. The first-order valence-electron chi connectivity index (χ1n) is 10.4. The number of fused-ring (bicyclic) bond motifs is 5. The van der Waals surface area contributed by atoms with E-state index < -0.39 is 5.60 Å². The maximum Gasteiger partial charge on any atom is 0.178 e. The molecule has 2 aliphatic rings. The summed E-state index contributed by atoms with van der Waals surface area (Å²) in [7, 11) is 0. The van der Waals surface area contributed by atoms with Crippen LogP contribution in [0.2, 0.25) is 0 Å². The van der Waals surface area contributed by atoms with Gasteiger partial charge < -0.3 is 9.15 Å². The highest BCUT2D eigenvalue weighted by Crippen LogP contribution is 2.46. The monoisotopic (exact) mass is 378 g/mol. The Labute approximate surface area is 170 Å². The molecule has 0 radical (unpaired) electrons. The lowest BCUT2D eigenvalue weighted by molar-refractivity contribution is 0.161. The first-order chi connectivity index (χ1) is 14.4. The predicted molar refractivity (Wildman–Crippen MR) is 116 cm³/mol. The van der Waals surface area contributed by atoms with Gasteiger partial charge in [0.15, 0.2) is 5.60 Å². The average molecular weight is 378 g/mol. The van der Waals surface area contributed by atoms with Crippen LogP contribution in [0, 0.1) is 0 Å². The summed E-state index contributed by atoms with van der Waals surface area (Å²) in [4.78, 5) is 0. The Bertz CT molecular complexity index is 1180. The van der Waals surface area contributed by atoms with E-state index in [0.717, 1.165) is 46.6 Å². The highest BCUT2D eigenvalue weighted by molar-refractivity contribution is 5.94. The van der Waals surface area contributed by atoms with Gasteiger partial charge in [0.1, 0.15) is 17.1 Å². The normalized spacial score (nSPS) is 16.8. The largest absolute Gasteiger partial charge is 0.473 e. The fourth-order valence-corrected chi connectivity index (χ4v) is 4.88. The molecule has 142 valence electrons. The Kier molecular flexibility index (Phi) is 3.67. The molecule has 0 bridgehead atoms. The molecular formula is C27H22O2. The molecule has 2 nitrogen and oxygen atoms in total. The summed E-state index contributed by atoms with van der Waals surface area (Å²) >= 11 is 0. The van der Waals surface area contributed by atoms with Gasteiger partial charge in [0.05, 0.1) is 0 Å². The average Bonchev–Trinajstić information content (AvgIpc) is 3.19. The van der Waals surface area contributed by atoms with E-state index in [-0.39, 0.29) is 0 Å². The van der Waals surface area contributed by atoms with Gasteiger partial charge in [0.2, 0.25) is 0 Å². The standard InChI is InChI=1S/C27H22O2/c1-3-9-19(10-4-1)27(20-11-5-2-6-12-20)18-17-22-24(29-27)15-16-25-26(22)21-13-7-8-14-23(21)28-25/h1-6,9-12,15-18H,7-8,13-14H2. The van der Waals surface area contributed by atoms with Crippen molar-refractivity contribution in [3.05, 3.63) is 107 Å². The highest BCUT2D eigenvalue weighted by atomic mass is 16.5. The van der Waals surface area contributed by atoms with Crippen molar-refractivity contribution in [2.24, 2.45) is 0 Å². The van der Waals surface area contributed by atoms with Crippen molar-refractivity contribution in [3.8, 4) is 5.75 Å². The molecule has 0 unspecified atom stereocenters. The van der Waals surface area contributed by atoms with Gasteiger partial charge in [-0.05, 0) is 43.5 Å². The van der Waals surface area contributed by atoms with Crippen molar-refractivity contribution >= 4 is 17.0 Å². The highest BCUT2D eigenvalue weighted by Gasteiger charge is 2.37. The summed E-state index contributed by atoms with van der Waals surface area (Å²) < 4.78 is 13.0. The van der Waals surface area contributed by atoms with E-state index in [4.69, 9.17) is 9.15 Å². The lowest BCUT2D eigenvalue weighted by Crippen LogP contribution is -2.34. The summed E-state index contributed by atoms with van der Waals surface area (Å²) in [5, 5.41) is 1.24. The summed E-state index contributed by atoms with van der Waals surface area (Å²) in [5.74, 6) is 2.08. The molecule has 0 N–H and O–H groups in total. The molecule has 4 aromatic rings. The molecule has 0 atom stereocenters. The number of furan rings is 1. The molecule has 0 spiro atoms. The summed E-state index contributed by atoms with van der Waals surface area (Å²) in [5.41, 5.74) is 5.13. The van der Waals surface area contributed by atoms with E-state index in [1.807, 2.05) is 12.1 Å². The van der Waals surface area contributed by atoms with Gasteiger partial charge in [-0.15, -0.1) is 0 Å². The van der Waals surface area contributed by atoms with Crippen molar-refractivity contribution in [1.29, 1.82) is 0 Å². The number of hydrogen-bond donors (Lipinski definition) is 0. The number of benzene rings is 3. The molecule has 6 rings (SSSR count). The minimum atomic E-state index is -0.632. The zero-order chi connectivity index (χ0) is 19.3. The Balaban J connectivity index is 1.57. The summed E-state index contributed by atoms with van der Waals surface area (Å²) in [6, 6.07) is 25.1. The number of aryl methyl sites for hydroxylation is 2. The van der Waals surface area contributed by atoms with Crippen LogP contribution in [0.3, 0.4) is 0 Å². The van der Waals surface area contributed by atoms with Crippen LogP contribution in [0.25, 0.3) is 17.0 Å². The van der Waals surface area contributed by atoms with Gasteiger partial charge in [-0.1, -0.05) is 60.7 Å². The van der Waals surface area contributed by atoms with Gasteiger partial charge in [0, 0.05) is 34.1 Å². The molecular weight excluding hydrogens is 356 g/mol. The van der Waals surface area contributed by atoms with E-state index in [1.165, 1.54) is 23.8 Å². The van der Waals surface area contributed by atoms with Crippen LogP contribution < -0.4 is 4.74 Å². The fraction of sp³-hybridized carbons (Fsp3) is 0.185. The molecule has 0 amide bonds. The van der Waals surface area contributed by atoms with Crippen LogP contribution in [-0.4, -0.2) is 0 Å². The zero-order valence-corrected chi connectivity index (χ0v) is 16.2. The van der Waals surface area contributed by atoms with Gasteiger partial charge in [-0.3, -0.25) is 0 Å². The molecule has 2 heterocycles. The lowest BCUT2D eigenvalue weighted by atomic mass is 9.83. The second-order valence-corrected chi connectivity index (χ2v) is 7.96. The van der Waals surface area contributed by atoms with Crippen molar-refractivity contribution in [3.63, 3.8) is 0 Å². The minimum absolute atomic E-state index is 0.632. The van der Waals surface area contributed by atoms with E-state index in [9.17, 15) is 0 Å². The summed E-state index contributed by atoms with van der Waals surface area (Å²) in [6.07, 6.45) is 9.03. The van der Waals surface area contributed by atoms with Crippen LogP contribution in [0.4, 0.5) is 0 Å². The molecule has 1 aromatic heterocycles. The van der Waals surface area contributed by atoms with Crippen molar-refractivity contribution < 1.29 is 9.15 Å². The zero-order valence-electron chi connectivity index (χ0n) is 16.2. The van der Waals surface area contributed by atoms with E-state index in [2.05, 4.69) is 72.8 Å². The molecule has 0 saturated carbocycles. The van der Waals surface area contributed by atoms with E-state index >= 15 is 0 Å². The van der Waals surface area contributed by atoms with Gasteiger partial charge in [-0.25, -0.2) is 0 Å². The van der Waals surface area contributed by atoms with Crippen LogP contribution >= 0.6 is 0 Å². The fourth-order valence-electron chi connectivity index (χ4n) is 4.88. The second-order valence-electron chi connectivity index (χ2n) is 7.96. The Morgan fingerprint density at radius 3 is 2.14 bits per heavy atom. The molecule has 0 saturated heterocycles. The van der Waals surface area contributed by atoms with Gasteiger partial charge in [0.25, 0.3) is 0 Å². The van der Waals surface area contributed by atoms with Crippen molar-refractivity contribution in [2.75, 3.05) is 0 Å². The number of hydrogen-bond acceptors (Lipinski definition) is 2. The predicted octanol–water partition coefficient (Wildman–Crippen LogP) is 6.66. The molecule has 3 aromatic carbocycles. The Hall–Kier alpha value is -3.26. The smallest absolute Gasteiger partial charge is 0.178 e. The van der Waals surface area contributed by atoms with Crippen molar-refractivity contribution in [1.82, 2.24) is 0 Å². The lowest BCUT2D eigenvalue weighted by Gasteiger charge is -2.36. The Morgan fingerprint density at radius 1 is 0.724 bits per heavy atom. The van der Waals surface area contributed by atoms with Crippen LogP contribution in [0.15, 0.2) is 83.3 Å². The molecule has 1 aliphatic heterocycles. The number of ether oxygens (including phenoxy) is 1. The summed E-state index contributed by atoms with van der Waals surface area (Å²) in [6.45, 7) is 0. The molecule has 1 aliphatic carbocycles. The minimum Gasteiger partial charge on any atom is -0.473 e. The molecule has 29 heavy (non-hydrogen) atoms. The van der Waals surface area contributed by atoms with Gasteiger partial charge >= 0.3 is 0 Å². The third kappa shape index (κ3) is 2.49. The van der Waals surface area contributed by atoms with Crippen molar-refractivity contribution in [2.45, 2.75) is 31.3 Å². The van der Waals surface area contributed by atoms with Crippen LogP contribution in [-0.2, 0) is 18.4 Å². The first kappa shape index (κ1) is 16.7. The molecule has 0 fully saturated rings. The van der Waals surface area contributed by atoms with Crippen LogP contribution in [0.1, 0.15) is 40.9 Å². The van der Waals surface area contributed by atoms with E-state index in [0.29, 0.717) is 0 Å². The second kappa shape index (κ2) is 6.38.